The summed E-state index contributed by atoms with van der Waals surface area (Å²) in [6.45, 7) is 2.92. The number of rotatable bonds is 37. The predicted octanol–water partition coefficient (Wildman–Crippen LogP) is 6.71. The number of Topliss-reactive ketones (excluding diaryl/α,β-unsaturated/α-hetero) is 2. The number of nitro benzene ring substituents is 1. The van der Waals surface area contributed by atoms with Crippen LogP contribution in [0.2, 0.25) is 0 Å². The molecule has 0 atom stereocenters. The minimum atomic E-state index is -1.19. The first-order valence-electron chi connectivity index (χ1n) is 33.8. The Bertz CT molecular complexity index is 4600. The van der Waals surface area contributed by atoms with Crippen LogP contribution in [0.5, 0.6) is 23.0 Å². The number of ether oxygens (including phenoxy) is 5. The summed E-state index contributed by atoms with van der Waals surface area (Å²) in [5.41, 5.74) is 10.1. The first kappa shape index (κ1) is 81.8. The number of hydrogen-bond donors (Lipinski definition) is 8. The van der Waals surface area contributed by atoms with Gasteiger partial charge < -0.3 is 104 Å². The van der Waals surface area contributed by atoms with Crippen molar-refractivity contribution in [3.63, 3.8) is 0 Å². The van der Waals surface area contributed by atoms with E-state index in [1.807, 2.05) is 38.0 Å². The van der Waals surface area contributed by atoms with Gasteiger partial charge in [0.2, 0.25) is 11.8 Å². The summed E-state index contributed by atoms with van der Waals surface area (Å²) in [4.78, 5) is 142. The molecule has 8 aromatic rings. The number of nitro groups is 1. The summed E-state index contributed by atoms with van der Waals surface area (Å²) in [6.07, 6.45) is 12.3. The highest BCUT2D eigenvalue weighted by atomic mass is 16.6. The molecular weight excluding hydrogens is 1390 g/mol. The van der Waals surface area contributed by atoms with Crippen molar-refractivity contribution in [2.45, 2.75) is 51.4 Å². The Labute approximate surface area is 617 Å². The van der Waals surface area contributed by atoms with Crippen LogP contribution < -0.4 is 56.6 Å². The smallest absolute Gasteiger partial charge is 0.345 e. The van der Waals surface area contributed by atoms with Crippen LogP contribution in [0.4, 0.5) is 34.1 Å². The lowest BCUT2D eigenvalue weighted by molar-refractivity contribution is -0.385. The number of benzene rings is 2. The minimum Gasteiger partial charge on any atom is -0.493 e. The van der Waals surface area contributed by atoms with E-state index in [-0.39, 0.29) is 120 Å². The van der Waals surface area contributed by atoms with Gasteiger partial charge in [-0.2, -0.15) is 0 Å². The highest BCUT2D eigenvalue weighted by molar-refractivity contribution is 6.07. The molecule has 0 aliphatic carbocycles. The van der Waals surface area contributed by atoms with Gasteiger partial charge in [0.05, 0.1) is 90.9 Å². The Morgan fingerprint density at radius 3 is 1.21 bits per heavy atom. The number of aryl methyl sites for hydroxylation is 6. The summed E-state index contributed by atoms with van der Waals surface area (Å²) in [7, 11) is 21.9. The second-order valence-corrected chi connectivity index (χ2v) is 25.7. The number of nitrogens with two attached hydrogens (primary N) is 1. The van der Waals surface area contributed by atoms with Gasteiger partial charge in [0.15, 0.2) is 34.6 Å². The minimum absolute atomic E-state index is 0.00455. The normalized spacial score (nSPS) is 10.9. The number of nitrogen functional groups attached to an aromatic ring is 1. The van der Waals surface area contributed by atoms with Crippen LogP contribution in [-0.4, -0.2) is 195 Å². The number of carbonyl (C=O) groups is 10. The van der Waals surface area contributed by atoms with E-state index in [1.54, 1.807) is 143 Å². The van der Waals surface area contributed by atoms with Gasteiger partial charge in [-0.05, 0) is 114 Å². The van der Waals surface area contributed by atoms with Crippen LogP contribution in [0, 0.1) is 10.1 Å². The summed E-state index contributed by atoms with van der Waals surface area (Å²) in [6, 6.07) is 14.5. The van der Waals surface area contributed by atoms with Crippen molar-refractivity contribution in [2.24, 2.45) is 42.3 Å². The molecule has 0 fully saturated rings. The van der Waals surface area contributed by atoms with Crippen molar-refractivity contribution < 1.29 is 81.7 Å². The summed E-state index contributed by atoms with van der Waals surface area (Å²) < 4.78 is 36.1. The van der Waals surface area contributed by atoms with Gasteiger partial charge in [-0.3, -0.25) is 48.5 Å². The molecule has 0 bridgehead atoms. The lowest BCUT2D eigenvalue weighted by atomic mass is 10.1. The van der Waals surface area contributed by atoms with Gasteiger partial charge in [-0.15, -0.1) is 0 Å². The quantitative estimate of drug-likeness (QED) is 0.00500. The number of methoxy groups -OCH3 is 3. The summed E-state index contributed by atoms with van der Waals surface area (Å²) in [5.74, 6) is -3.85. The van der Waals surface area contributed by atoms with Crippen molar-refractivity contribution in [2.75, 3.05) is 116 Å². The predicted molar refractivity (Wildman–Crippen MR) is 398 cm³/mol. The highest BCUT2D eigenvalue weighted by Gasteiger charge is 2.27. The van der Waals surface area contributed by atoms with Gasteiger partial charge >= 0.3 is 11.9 Å². The van der Waals surface area contributed by atoms with E-state index < -0.39 is 34.4 Å². The zero-order valence-electron chi connectivity index (χ0n) is 62.1. The monoisotopic (exact) mass is 1480 g/mol. The second kappa shape index (κ2) is 37.8. The average molecular weight is 1480 g/mol. The molecular formula is C73H92N16O18. The molecule has 34 nitrogen and oxygen atoms in total. The molecule has 107 heavy (non-hydrogen) atoms. The van der Waals surface area contributed by atoms with Crippen molar-refractivity contribution in [1.29, 1.82) is 0 Å². The van der Waals surface area contributed by atoms with Crippen molar-refractivity contribution in [1.82, 2.24) is 47.8 Å². The van der Waals surface area contributed by atoms with Crippen LogP contribution in [0.25, 0.3) is 0 Å². The number of carboxylic acids is 1. The number of amides is 6. The number of ketones is 2. The van der Waals surface area contributed by atoms with Crippen molar-refractivity contribution in [3.05, 3.63) is 164 Å². The third-order valence-electron chi connectivity index (χ3n) is 16.7. The fourth-order valence-corrected chi connectivity index (χ4v) is 11.3. The molecule has 0 unspecified atom stereocenters. The maximum atomic E-state index is 13.3. The number of nitrogens with one attached hydrogen (secondary N) is 6. The Balaban J connectivity index is 0.000000299. The molecule has 0 aliphatic heterocycles. The Morgan fingerprint density at radius 1 is 0.467 bits per heavy atom. The molecule has 34 heteroatoms. The van der Waals surface area contributed by atoms with Crippen LogP contribution in [0.3, 0.4) is 0 Å². The number of aromatic carboxylic acids is 1. The third-order valence-corrected chi connectivity index (χ3v) is 16.7. The average Bonchev–Trinajstić information content (AvgIpc) is 1.77. The van der Waals surface area contributed by atoms with E-state index in [9.17, 15) is 63.2 Å². The van der Waals surface area contributed by atoms with Gasteiger partial charge in [0, 0.05) is 136 Å². The second-order valence-electron chi connectivity index (χ2n) is 25.7. The lowest BCUT2D eigenvalue weighted by Gasteiger charge is -2.13. The maximum Gasteiger partial charge on any atom is 0.345 e. The van der Waals surface area contributed by atoms with E-state index in [4.69, 9.17) is 24.7 Å². The van der Waals surface area contributed by atoms with Gasteiger partial charge in [0.25, 0.3) is 29.3 Å². The summed E-state index contributed by atoms with van der Waals surface area (Å²) >= 11 is 0. The van der Waals surface area contributed by atoms with Gasteiger partial charge in [-0.1, -0.05) is 0 Å². The molecule has 0 radical (unpaired) electrons. The van der Waals surface area contributed by atoms with E-state index >= 15 is 0 Å². The molecule has 0 aliphatic rings. The zero-order chi connectivity index (χ0) is 78.5. The number of carbonyl (C=O) groups excluding carboxylic acids is 9. The molecule has 8 rings (SSSR count). The van der Waals surface area contributed by atoms with Crippen LogP contribution in [0.1, 0.15) is 133 Å². The molecule has 0 spiro atoms. The Kier molecular flexibility index (Phi) is 28.9. The van der Waals surface area contributed by atoms with Crippen LogP contribution in [-0.2, 0) is 69.5 Å². The highest BCUT2D eigenvalue weighted by Crippen LogP contribution is 2.36. The SMILES string of the molecule is COC(=O)c1cc(OC)c(OCCCC(=O)Nc2cc(C(=O)Cc3cc(C(=O)Nc4cc(C(=O)NCCCN(C)C)n(C)c4)n(C)c3)n(C)c2)cc1[N+](=O)[O-].COc1cc(C(=O)O)c(N)cc1OCCCC(=O)Nc1cc(C(=O)Cc2cc(C(=O)Nc3cc(C(=O)NCCCN(C)C)n(C)c3)n(C)c2)n(C)c1. The fourth-order valence-electron chi connectivity index (χ4n) is 11.3. The number of aromatic nitrogens is 6. The molecule has 572 valence electrons. The maximum absolute atomic E-state index is 13.3. The lowest BCUT2D eigenvalue weighted by Crippen LogP contribution is -2.28. The molecule has 6 aromatic heterocycles. The van der Waals surface area contributed by atoms with E-state index in [0.29, 0.717) is 87.6 Å². The number of nitrogens with zero attached hydrogens (tertiary/aromatic N) is 9. The fraction of sp³-hybridized carbons (Fsp3) is 0.370. The van der Waals surface area contributed by atoms with Crippen molar-refractivity contribution >= 4 is 93.1 Å². The van der Waals surface area contributed by atoms with E-state index in [0.717, 1.165) is 45.2 Å². The number of hydrogen-bond acceptors (Lipinski definition) is 20. The largest absolute Gasteiger partial charge is 0.493 e. The summed E-state index contributed by atoms with van der Waals surface area (Å²) in [5, 5.41) is 37.7. The van der Waals surface area contributed by atoms with E-state index in [2.05, 4.69) is 36.6 Å². The third kappa shape index (κ3) is 22.8. The number of anilines is 5. The first-order chi connectivity index (χ1) is 50.8. The zero-order valence-corrected chi connectivity index (χ0v) is 62.1. The molecule has 2 aromatic carbocycles. The Morgan fingerprint density at radius 2 is 0.832 bits per heavy atom. The molecule has 9 N–H and O–H groups in total. The standard InChI is InChI=1S/C37H46N8O10.C36H46N8O8/c1-41(2)12-9-11-38-35(48)30-17-25(22-44(30)5)40-36(49)29-14-23(20-42(29)3)15-31(46)28-16-24(21-43(28)4)39-34(47)10-8-13-55-33-19-27(45(51)52)26(37(50)54-7)18-32(33)53-6;1-41(2)11-8-10-38-34(47)29-16-24(21-44(29)5)40-35(48)28-13-22(19-42(28)3)14-30(45)27-15-23(20-43(27)4)39-33(46)9-7-12-52-32-18-26(37)25(36(49)50)17-31(32)51-6/h14,16-22H,8-13,15H2,1-7H3,(H,38,48)(H,39,47)(H,40,49);13,15-21H,7-12,14,37H2,1-6H3,(H,38,47)(H,39,46)(H,40,48)(H,49,50). The van der Waals surface area contributed by atoms with E-state index in [1.165, 1.54) is 26.4 Å². The van der Waals surface area contributed by atoms with Crippen LogP contribution in [0.15, 0.2) is 97.8 Å². The molecule has 0 saturated carbocycles. The topological polar surface area (TPSA) is 414 Å². The first-order valence-corrected chi connectivity index (χ1v) is 33.8. The molecule has 6 amide bonds. The van der Waals surface area contributed by atoms with Gasteiger partial charge in [0.1, 0.15) is 28.3 Å². The van der Waals surface area contributed by atoms with Crippen molar-refractivity contribution in [3.8, 4) is 23.0 Å². The number of carboxylic acid groups (broad SMARTS) is 1. The van der Waals surface area contributed by atoms with Crippen LogP contribution >= 0.6 is 0 Å². The number of esters is 1. The molecule has 0 saturated heterocycles. The Hall–Kier alpha value is -12.5. The van der Waals surface area contributed by atoms with Gasteiger partial charge in [-0.25, -0.2) is 9.59 Å². The molecule has 6 heterocycles.